The first-order valence-electron chi connectivity index (χ1n) is 9.26. The van der Waals surface area contributed by atoms with Crippen LogP contribution in [-0.2, 0) is 20.7 Å². The quantitative estimate of drug-likeness (QED) is 0.821. The molecule has 1 spiro atoms. The van der Waals surface area contributed by atoms with Crippen molar-refractivity contribution in [3.8, 4) is 17.2 Å². The fourth-order valence-electron chi connectivity index (χ4n) is 3.67. The Bertz CT molecular complexity index is 816. The molecule has 27 heavy (non-hydrogen) atoms. The summed E-state index contributed by atoms with van der Waals surface area (Å²) in [5.74, 6) is 1.39. The lowest BCUT2D eigenvalue weighted by Gasteiger charge is -2.37. The molecule has 0 bridgehead atoms. The van der Waals surface area contributed by atoms with Gasteiger partial charge in [0, 0.05) is 25.9 Å². The minimum absolute atomic E-state index is 0.0471. The number of para-hydroxylation sites is 1. The van der Waals surface area contributed by atoms with Crippen molar-refractivity contribution in [3.05, 3.63) is 35.7 Å². The molecule has 2 aliphatic heterocycles. The van der Waals surface area contributed by atoms with E-state index in [1.165, 1.54) is 0 Å². The number of piperidine rings is 1. The van der Waals surface area contributed by atoms with Gasteiger partial charge in [0.15, 0.2) is 5.79 Å². The molecule has 0 radical (unpaired) electrons. The average Bonchev–Trinajstić information content (AvgIpc) is 3.29. The highest BCUT2D eigenvalue weighted by Crippen LogP contribution is 2.32. The zero-order valence-corrected chi connectivity index (χ0v) is 15.7. The molecule has 0 unspecified atom stereocenters. The van der Waals surface area contributed by atoms with E-state index in [1.54, 1.807) is 7.11 Å². The van der Waals surface area contributed by atoms with E-state index in [4.69, 9.17) is 18.6 Å². The minimum Gasteiger partial charge on any atom is -0.496 e. The van der Waals surface area contributed by atoms with Crippen LogP contribution in [0.3, 0.4) is 0 Å². The highest BCUT2D eigenvalue weighted by atomic mass is 16.7. The number of likely N-dealkylation sites (tertiary alicyclic amines) is 1. The molecular weight excluding hydrogens is 348 g/mol. The third-order valence-electron chi connectivity index (χ3n) is 5.24. The van der Waals surface area contributed by atoms with E-state index in [0.717, 1.165) is 5.56 Å². The first kappa shape index (κ1) is 18.0. The molecule has 0 atom stereocenters. The number of rotatable bonds is 4. The van der Waals surface area contributed by atoms with Crippen molar-refractivity contribution in [2.75, 3.05) is 33.4 Å². The van der Waals surface area contributed by atoms with Gasteiger partial charge in [0.25, 0.3) is 0 Å². The maximum absolute atomic E-state index is 12.7. The third-order valence-corrected chi connectivity index (χ3v) is 5.24. The zero-order valence-electron chi connectivity index (χ0n) is 15.7. The molecule has 1 aromatic carbocycles. The van der Waals surface area contributed by atoms with Crippen LogP contribution >= 0.6 is 0 Å². The van der Waals surface area contributed by atoms with E-state index >= 15 is 0 Å². The van der Waals surface area contributed by atoms with Gasteiger partial charge in [0.2, 0.25) is 11.8 Å². The number of ether oxygens (including phenoxy) is 3. The predicted molar refractivity (Wildman–Crippen MR) is 97.4 cm³/mol. The van der Waals surface area contributed by atoms with Crippen LogP contribution in [0.5, 0.6) is 5.75 Å². The minimum atomic E-state index is -0.475. The predicted octanol–water partition coefficient (Wildman–Crippen LogP) is 2.57. The van der Waals surface area contributed by atoms with Crippen LogP contribution in [0, 0.1) is 6.92 Å². The standard InChI is InChI=1S/C20H24N2O5/c1-14-16(21-19(27-14)15-5-3-4-6-17(15)24-2)13-18(23)22-9-7-20(8-10-22)25-11-12-26-20/h3-6H,7-13H2,1-2H3. The van der Waals surface area contributed by atoms with Crippen molar-refractivity contribution in [1.29, 1.82) is 0 Å². The van der Waals surface area contributed by atoms with Gasteiger partial charge >= 0.3 is 0 Å². The number of amides is 1. The highest BCUT2D eigenvalue weighted by molar-refractivity contribution is 5.79. The average molecular weight is 372 g/mol. The number of aromatic nitrogens is 1. The summed E-state index contributed by atoms with van der Waals surface area (Å²) in [4.78, 5) is 19.1. The monoisotopic (exact) mass is 372 g/mol. The lowest BCUT2D eigenvalue weighted by atomic mass is 10.0. The van der Waals surface area contributed by atoms with Crippen molar-refractivity contribution in [1.82, 2.24) is 9.88 Å². The van der Waals surface area contributed by atoms with Crippen molar-refractivity contribution in [2.24, 2.45) is 0 Å². The molecule has 1 aromatic heterocycles. The largest absolute Gasteiger partial charge is 0.496 e. The molecule has 2 saturated heterocycles. The number of aryl methyl sites for hydroxylation is 1. The fraction of sp³-hybridized carbons (Fsp3) is 0.500. The van der Waals surface area contributed by atoms with Crippen LogP contribution in [0.15, 0.2) is 28.7 Å². The summed E-state index contributed by atoms with van der Waals surface area (Å²) in [6.45, 7) is 4.37. The van der Waals surface area contributed by atoms with Gasteiger partial charge in [0.05, 0.1) is 38.0 Å². The Morgan fingerprint density at radius 1 is 1.22 bits per heavy atom. The van der Waals surface area contributed by atoms with Gasteiger partial charge < -0.3 is 23.5 Å². The second-order valence-corrected chi connectivity index (χ2v) is 6.89. The zero-order chi connectivity index (χ0) is 18.9. The van der Waals surface area contributed by atoms with Crippen molar-refractivity contribution >= 4 is 5.91 Å². The first-order chi connectivity index (χ1) is 13.1. The number of hydrogen-bond acceptors (Lipinski definition) is 6. The topological polar surface area (TPSA) is 74.0 Å². The van der Waals surface area contributed by atoms with Gasteiger partial charge in [0.1, 0.15) is 11.5 Å². The van der Waals surface area contributed by atoms with E-state index in [2.05, 4.69) is 4.98 Å². The van der Waals surface area contributed by atoms with Crippen molar-refractivity contribution < 1.29 is 23.4 Å². The second kappa shape index (κ2) is 7.32. The number of methoxy groups -OCH3 is 1. The van der Waals surface area contributed by atoms with Crippen LogP contribution in [0.1, 0.15) is 24.3 Å². The summed E-state index contributed by atoms with van der Waals surface area (Å²) in [5.41, 5.74) is 1.44. The fourth-order valence-corrected chi connectivity index (χ4v) is 3.67. The highest BCUT2D eigenvalue weighted by Gasteiger charge is 2.40. The Morgan fingerprint density at radius 2 is 1.93 bits per heavy atom. The van der Waals surface area contributed by atoms with Crippen molar-refractivity contribution in [2.45, 2.75) is 32.0 Å². The molecular formula is C20H24N2O5. The molecule has 0 saturated carbocycles. The maximum atomic E-state index is 12.7. The third kappa shape index (κ3) is 3.57. The number of carbonyl (C=O) groups is 1. The van der Waals surface area contributed by atoms with Crippen LogP contribution in [-0.4, -0.2) is 55.0 Å². The molecule has 4 rings (SSSR count). The summed E-state index contributed by atoms with van der Waals surface area (Å²) in [6.07, 6.45) is 1.64. The number of nitrogens with zero attached hydrogens (tertiary/aromatic N) is 2. The first-order valence-corrected chi connectivity index (χ1v) is 9.26. The molecule has 7 nitrogen and oxygen atoms in total. The SMILES string of the molecule is COc1ccccc1-c1nc(CC(=O)N2CCC3(CC2)OCCO3)c(C)o1. The van der Waals surface area contributed by atoms with Crippen LogP contribution in [0.2, 0.25) is 0 Å². The van der Waals surface area contributed by atoms with E-state index in [0.29, 0.717) is 62.2 Å². The molecule has 2 aliphatic rings. The molecule has 2 aromatic rings. The summed E-state index contributed by atoms with van der Waals surface area (Å²) in [5, 5.41) is 0. The summed E-state index contributed by atoms with van der Waals surface area (Å²) in [7, 11) is 1.61. The number of benzene rings is 1. The van der Waals surface area contributed by atoms with Crippen molar-refractivity contribution in [3.63, 3.8) is 0 Å². The van der Waals surface area contributed by atoms with E-state index in [-0.39, 0.29) is 12.3 Å². The lowest BCUT2D eigenvalue weighted by molar-refractivity contribution is -0.187. The second-order valence-electron chi connectivity index (χ2n) is 6.89. The number of hydrogen-bond donors (Lipinski definition) is 0. The van der Waals surface area contributed by atoms with E-state index in [1.807, 2.05) is 36.1 Å². The normalized spacial score (nSPS) is 18.8. The van der Waals surface area contributed by atoms with Crippen LogP contribution in [0.4, 0.5) is 0 Å². The van der Waals surface area contributed by atoms with Gasteiger partial charge in [-0.15, -0.1) is 0 Å². The molecule has 144 valence electrons. The maximum Gasteiger partial charge on any atom is 0.230 e. The van der Waals surface area contributed by atoms with Gasteiger partial charge in [-0.2, -0.15) is 0 Å². The van der Waals surface area contributed by atoms with Gasteiger partial charge in [-0.05, 0) is 19.1 Å². The number of oxazole rings is 1. The lowest BCUT2D eigenvalue weighted by Crippen LogP contribution is -2.47. The van der Waals surface area contributed by atoms with Crippen LogP contribution < -0.4 is 4.74 Å². The Morgan fingerprint density at radius 3 is 2.63 bits per heavy atom. The number of carbonyl (C=O) groups excluding carboxylic acids is 1. The molecule has 1 amide bonds. The molecule has 2 fully saturated rings. The van der Waals surface area contributed by atoms with Gasteiger partial charge in [-0.1, -0.05) is 12.1 Å². The van der Waals surface area contributed by atoms with E-state index < -0.39 is 5.79 Å². The molecule has 7 heteroatoms. The molecule has 0 aliphatic carbocycles. The summed E-state index contributed by atoms with van der Waals surface area (Å²) in [6, 6.07) is 7.54. The van der Waals surface area contributed by atoms with E-state index in [9.17, 15) is 4.79 Å². The van der Waals surface area contributed by atoms with Gasteiger partial charge in [-0.25, -0.2) is 4.98 Å². The Hall–Kier alpha value is -2.38. The Balaban J connectivity index is 1.44. The Labute approximate surface area is 158 Å². The molecule has 3 heterocycles. The smallest absolute Gasteiger partial charge is 0.230 e. The summed E-state index contributed by atoms with van der Waals surface area (Å²) < 4.78 is 22.6. The molecule has 0 N–H and O–H groups in total. The summed E-state index contributed by atoms with van der Waals surface area (Å²) >= 11 is 0. The van der Waals surface area contributed by atoms with Gasteiger partial charge in [-0.3, -0.25) is 4.79 Å². The van der Waals surface area contributed by atoms with Crippen LogP contribution in [0.25, 0.3) is 11.5 Å². The Kier molecular flexibility index (Phi) is 4.88.